The first-order valence-electron chi connectivity index (χ1n) is 6.36. The van der Waals surface area contributed by atoms with E-state index in [1.54, 1.807) is 18.3 Å². The lowest BCUT2D eigenvalue weighted by Crippen LogP contribution is -2.01. The Bertz CT molecular complexity index is 805. The van der Waals surface area contributed by atoms with Gasteiger partial charge in [0.05, 0.1) is 10.5 Å². The molecule has 0 saturated carbocycles. The van der Waals surface area contributed by atoms with E-state index in [4.69, 9.17) is 11.6 Å². The highest BCUT2D eigenvalue weighted by atomic mass is 35.5. The Morgan fingerprint density at radius 2 is 1.90 bits per heavy atom. The molecule has 0 spiro atoms. The van der Waals surface area contributed by atoms with Crippen molar-refractivity contribution in [2.45, 2.75) is 6.54 Å². The normalized spacial score (nSPS) is 10.8. The molecule has 0 aliphatic carbocycles. The minimum Gasteiger partial charge on any atom is -0.380 e. The van der Waals surface area contributed by atoms with Gasteiger partial charge in [0.1, 0.15) is 0 Å². The van der Waals surface area contributed by atoms with Crippen molar-refractivity contribution in [3.8, 4) is 0 Å². The van der Waals surface area contributed by atoms with E-state index in [0.717, 1.165) is 17.1 Å². The van der Waals surface area contributed by atoms with Gasteiger partial charge in [-0.3, -0.25) is 4.98 Å². The number of fused-ring (bicyclic) bond motifs is 1. The van der Waals surface area contributed by atoms with Crippen LogP contribution in [0.3, 0.4) is 0 Å². The number of nitrogens with zero attached hydrogens (tertiary/aromatic N) is 1. The van der Waals surface area contributed by atoms with Gasteiger partial charge in [-0.25, -0.2) is 8.78 Å². The van der Waals surface area contributed by atoms with E-state index >= 15 is 0 Å². The molecular weight excluding hydrogens is 294 g/mol. The van der Waals surface area contributed by atoms with E-state index in [-0.39, 0.29) is 0 Å². The van der Waals surface area contributed by atoms with Crippen molar-refractivity contribution >= 4 is 28.2 Å². The molecule has 0 fully saturated rings. The molecule has 0 aliphatic heterocycles. The van der Waals surface area contributed by atoms with E-state index in [0.29, 0.717) is 22.6 Å². The fourth-order valence-corrected chi connectivity index (χ4v) is 2.35. The summed E-state index contributed by atoms with van der Waals surface area (Å²) in [5.41, 5.74) is 2.20. The molecular formula is C16H11ClF2N2. The summed E-state index contributed by atoms with van der Waals surface area (Å²) in [7, 11) is 0. The molecule has 0 radical (unpaired) electrons. The van der Waals surface area contributed by atoms with E-state index < -0.39 is 11.6 Å². The molecule has 2 aromatic carbocycles. The van der Waals surface area contributed by atoms with Gasteiger partial charge in [-0.1, -0.05) is 17.7 Å². The van der Waals surface area contributed by atoms with E-state index in [1.807, 2.05) is 18.2 Å². The van der Waals surface area contributed by atoms with Gasteiger partial charge in [-0.2, -0.15) is 0 Å². The van der Waals surface area contributed by atoms with Crippen molar-refractivity contribution in [2.24, 2.45) is 0 Å². The monoisotopic (exact) mass is 304 g/mol. The lowest BCUT2D eigenvalue weighted by Gasteiger charge is -2.10. The van der Waals surface area contributed by atoms with Crippen molar-refractivity contribution in [2.75, 3.05) is 5.32 Å². The number of aromatic nitrogens is 1. The summed E-state index contributed by atoms with van der Waals surface area (Å²) in [5.74, 6) is -1.70. The highest BCUT2D eigenvalue weighted by Gasteiger charge is 2.06. The lowest BCUT2D eigenvalue weighted by molar-refractivity contribution is 0.507. The van der Waals surface area contributed by atoms with Gasteiger partial charge in [0.15, 0.2) is 11.6 Å². The lowest BCUT2D eigenvalue weighted by atomic mass is 10.1. The standard InChI is InChI=1S/C16H11ClF2N2/c17-12-4-6-15(11-2-1-7-20-16(11)12)21-9-10-3-5-13(18)14(19)8-10/h1-8,21H,9H2. The summed E-state index contributed by atoms with van der Waals surface area (Å²) in [5, 5.41) is 4.65. The molecule has 2 nitrogen and oxygen atoms in total. The molecule has 0 aliphatic rings. The zero-order valence-corrected chi connectivity index (χ0v) is 11.7. The highest BCUT2D eigenvalue weighted by molar-refractivity contribution is 6.35. The van der Waals surface area contributed by atoms with Crippen LogP contribution in [0.25, 0.3) is 10.9 Å². The maximum absolute atomic E-state index is 13.2. The number of pyridine rings is 1. The van der Waals surface area contributed by atoms with Crippen LogP contribution in [0.2, 0.25) is 5.02 Å². The van der Waals surface area contributed by atoms with Gasteiger partial charge >= 0.3 is 0 Å². The van der Waals surface area contributed by atoms with E-state index in [9.17, 15) is 8.78 Å². The van der Waals surface area contributed by atoms with Crippen molar-refractivity contribution in [3.05, 3.63) is 70.9 Å². The third-order valence-corrected chi connectivity index (χ3v) is 3.49. The molecule has 1 aromatic heterocycles. The number of hydrogen-bond acceptors (Lipinski definition) is 2. The summed E-state index contributed by atoms with van der Waals surface area (Å²) in [6.07, 6.45) is 1.67. The molecule has 1 heterocycles. The molecule has 0 bridgehead atoms. The molecule has 106 valence electrons. The average molecular weight is 305 g/mol. The SMILES string of the molecule is Fc1ccc(CNc2ccc(Cl)c3ncccc23)cc1F. The first-order valence-corrected chi connectivity index (χ1v) is 6.74. The largest absolute Gasteiger partial charge is 0.380 e. The second-order valence-electron chi connectivity index (χ2n) is 4.60. The summed E-state index contributed by atoms with van der Waals surface area (Å²) in [6.45, 7) is 0.378. The van der Waals surface area contributed by atoms with Crippen LogP contribution in [0.4, 0.5) is 14.5 Å². The fraction of sp³-hybridized carbons (Fsp3) is 0.0625. The molecule has 0 atom stereocenters. The predicted octanol–water partition coefficient (Wildman–Crippen LogP) is 4.78. The second-order valence-corrected chi connectivity index (χ2v) is 5.00. The van der Waals surface area contributed by atoms with Crippen LogP contribution in [-0.4, -0.2) is 4.98 Å². The Balaban J connectivity index is 1.88. The Morgan fingerprint density at radius 3 is 2.71 bits per heavy atom. The van der Waals surface area contributed by atoms with E-state index in [1.165, 1.54) is 6.07 Å². The van der Waals surface area contributed by atoms with Crippen molar-refractivity contribution in [1.29, 1.82) is 0 Å². The van der Waals surface area contributed by atoms with E-state index in [2.05, 4.69) is 10.3 Å². The molecule has 5 heteroatoms. The number of benzene rings is 2. The third-order valence-electron chi connectivity index (χ3n) is 3.19. The first-order chi connectivity index (χ1) is 10.1. The predicted molar refractivity (Wildman–Crippen MR) is 80.4 cm³/mol. The van der Waals surface area contributed by atoms with Crippen molar-refractivity contribution in [3.63, 3.8) is 0 Å². The molecule has 0 unspecified atom stereocenters. The Kier molecular flexibility index (Phi) is 3.71. The Morgan fingerprint density at radius 1 is 1.05 bits per heavy atom. The van der Waals surface area contributed by atoms with Crippen LogP contribution in [0.1, 0.15) is 5.56 Å². The molecule has 1 N–H and O–H groups in total. The number of hydrogen-bond donors (Lipinski definition) is 1. The number of halogens is 3. The number of anilines is 1. The smallest absolute Gasteiger partial charge is 0.159 e. The second kappa shape index (κ2) is 5.66. The van der Waals surface area contributed by atoms with Gasteiger partial charge in [0.25, 0.3) is 0 Å². The summed E-state index contributed by atoms with van der Waals surface area (Å²) in [4.78, 5) is 4.24. The summed E-state index contributed by atoms with van der Waals surface area (Å²) >= 11 is 6.10. The van der Waals surface area contributed by atoms with Crippen LogP contribution >= 0.6 is 11.6 Å². The maximum Gasteiger partial charge on any atom is 0.159 e. The average Bonchev–Trinajstić information content (AvgIpc) is 2.50. The Hall–Kier alpha value is -2.20. The summed E-state index contributed by atoms with van der Waals surface area (Å²) < 4.78 is 26.1. The van der Waals surface area contributed by atoms with Crippen molar-refractivity contribution < 1.29 is 8.78 Å². The molecule has 21 heavy (non-hydrogen) atoms. The highest BCUT2D eigenvalue weighted by Crippen LogP contribution is 2.28. The minimum absolute atomic E-state index is 0.378. The number of rotatable bonds is 3. The molecule has 0 amide bonds. The first kappa shape index (κ1) is 13.8. The molecule has 0 saturated heterocycles. The fourth-order valence-electron chi connectivity index (χ4n) is 2.14. The quantitative estimate of drug-likeness (QED) is 0.753. The Labute approximate surface area is 125 Å². The number of nitrogens with one attached hydrogen (secondary N) is 1. The molecule has 3 aromatic rings. The van der Waals surface area contributed by atoms with Gasteiger partial charge in [0, 0.05) is 23.8 Å². The van der Waals surface area contributed by atoms with Gasteiger partial charge < -0.3 is 5.32 Å². The van der Waals surface area contributed by atoms with Crippen LogP contribution in [-0.2, 0) is 6.54 Å². The maximum atomic E-state index is 13.2. The summed E-state index contributed by atoms with van der Waals surface area (Å²) in [6, 6.07) is 11.2. The zero-order valence-electron chi connectivity index (χ0n) is 10.9. The van der Waals surface area contributed by atoms with Gasteiger partial charge in [-0.05, 0) is 42.0 Å². The third kappa shape index (κ3) is 2.81. The topological polar surface area (TPSA) is 24.9 Å². The minimum atomic E-state index is -0.850. The zero-order chi connectivity index (χ0) is 14.8. The van der Waals surface area contributed by atoms with Gasteiger partial charge in [-0.15, -0.1) is 0 Å². The van der Waals surface area contributed by atoms with Gasteiger partial charge in [0.2, 0.25) is 0 Å². The van der Waals surface area contributed by atoms with Crippen LogP contribution < -0.4 is 5.32 Å². The van der Waals surface area contributed by atoms with Crippen LogP contribution in [0, 0.1) is 11.6 Å². The van der Waals surface area contributed by atoms with Crippen molar-refractivity contribution in [1.82, 2.24) is 4.98 Å². The molecule has 3 rings (SSSR count). The van der Waals surface area contributed by atoms with Crippen LogP contribution in [0.5, 0.6) is 0 Å². The van der Waals surface area contributed by atoms with Crippen LogP contribution in [0.15, 0.2) is 48.7 Å².